The summed E-state index contributed by atoms with van der Waals surface area (Å²) in [6.45, 7) is 0. The van der Waals surface area contributed by atoms with Gasteiger partial charge in [0.15, 0.2) is 0 Å². The van der Waals surface area contributed by atoms with Crippen LogP contribution >= 0.6 is 0 Å². The van der Waals surface area contributed by atoms with Crippen LogP contribution in [0.1, 0.15) is 5.56 Å². The highest BCUT2D eigenvalue weighted by molar-refractivity contribution is 5.46. The van der Waals surface area contributed by atoms with Crippen LogP contribution in [0.15, 0.2) is 18.2 Å². The molecule has 0 radical (unpaired) electrons. The van der Waals surface area contributed by atoms with Gasteiger partial charge in [-0.25, -0.2) is 0 Å². The molecule has 1 aromatic rings. The minimum atomic E-state index is -5.08. The third-order valence-electron chi connectivity index (χ3n) is 1.80. The van der Waals surface area contributed by atoms with Crippen molar-refractivity contribution in [2.75, 3.05) is 0 Å². The molecular weight excluding hydrogens is 280 g/mol. The van der Waals surface area contributed by atoms with Crippen LogP contribution in [0.3, 0.4) is 0 Å². The van der Waals surface area contributed by atoms with Crippen molar-refractivity contribution in [3.63, 3.8) is 0 Å². The van der Waals surface area contributed by atoms with Crippen molar-refractivity contribution in [3.05, 3.63) is 23.8 Å². The Hall–Kier alpha value is -2.11. The predicted molar refractivity (Wildman–Crippen MR) is 49.1 cm³/mol. The van der Waals surface area contributed by atoms with Crippen LogP contribution in [-0.2, 0) is 6.42 Å². The highest BCUT2D eigenvalue weighted by Crippen LogP contribution is 2.35. The lowest BCUT2D eigenvalue weighted by Crippen LogP contribution is -2.20. The van der Waals surface area contributed by atoms with Gasteiger partial charge >= 0.3 is 12.7 Å². The number of halogens is 6. The van der Waals surface area contributed by atoms with Crippen LogP contribution in [0.25, 0.3) is 0 Å². The lowest BCUT2D eigenvalue weighted by Gasteiger charge is -2.16. The van der Waals surface area contributed by atoms with Gasteiger partial charge in [0, 0.05) is 0 Å². The molecule has 0 saturated carbocycles. The summed E-state index contributed by atoms with van der Waals surface area (Å²) in [6, 6.07) is 3.92. The molecule has 1 aromatic carbocycles. The number of hydrogen-bond donors (Lipinski definition) is 0. The predicted octanol–water partition coefficient (Wildman–Crippen LogP) is 3.55. The molecule has 19 heavy (non-hydrogen) atoms. The van der Waals surface area contributed by atoms with E-state index in [1.165, 1.54) is 6.07 Å². The Morgan fingerprint density at radius 2 is 1.37 bits per heavy atom. The van der Waals surface area contributed by atoms with Crippen LogP contribution < -0.4 is 9.47 Å². The van der Waals surface area contributed by atoms with Crippen molar-refractivity contribution in [1.29, 1.82) is 5.26 Å². The summed E-state index contributed by atoms with van der Waals surface area (Å²) < 4.78 is 79.5. The molecule has 0 aliphatic heterocycles. The minimum absolute atomic E-state index is 0.625. The van der Waals surface area contributed by atoms with Crippen molar-refractivity contribution in [2.45, 2.75) is 19.1 Å². The van der Waals surface area contributed by atoms with E-state index in [0.29, 0.717) is 0 Å². The SMILES string of the molecule is N#CCc1c(OC(F)(F)F)cccc1OC(F)(F)F. The molecule has 1 rings (SSSR count). The lowest BCUT2D eigenvalue weighted by molar-refractivity contribution is -0.277. The number of alkyl halides is 6. The third kappa shape index (κ3) is 4.95. The first kappa shape index (κ1) is 14.9. The first-order chi connectivity index (χ1) is 8.62. The summed E-state index contributed by atoms with van der Waals surface area (Å²) in [7, 11) is 0. The van der Waals surface area contributed by atoms with Gasteiger partial charge < -0.3 is 9.47 Å². The lowest BCUT2D eigenvalue weighted by atomic mass is 10.1. The second kappa shape index (κ2) is 5.26. The molecule has 0 unspecified atom stereocenters. The van der Waals surface area contributed by atoms with Crippen molar-refractivity contribution < 1.29 is 35.8 Å². The molecule has 9 heteroatoms. The molecule has 0 aliphatic carbocycles. The van der Waals surface area contributed by atoms with Crippen molar-refractivity contribution in [1.82, 2.24) is 0 Å². The Morgan fingerprint density at radius 3 is 1.68 bits per heavy atom. The highest BCUT2D eigenvalue weighted by atomic mass is 19.4. The van der Waals surface area contributed by atoms with E-state index in [1.54, 1.807) is 0 Å². The molecule has 0 fully saturated rings. The molecule has 0 atom stereocenters. The summed E-state index contributed by atoms with van der Waals surface area (Å²) in [5, 5.41) is 8.44. The molecule has 0 aliphatic rings. The number of nitriles is 1. The molecule has 3 nitrogen and oxygen atoms in total. The minimum Gasteiger partial charge on any atom is -0.405 e. The highest BCUT2D eigenvalue weighted by Gasteiger charge is 2.35. The number of rotatable bonds is 3. The number of hydrogen-bond acceptors (Lipinski definition) is 3. The van der Waals surface area contributed by atoms with E-state index in [0.717, 1.165) is 18.2 Å². The maximum absolute atomic E-state index is 12.1. The molecular formula is C10H5F6NO2. The zero-order valence-electron chi connectivity index (χ0n) is 8.97. The standard InChI is InChI=1S/C10H5F6NO2/c11-9(12,13)18-7-2-1-3-8(6(7)4-5-17)19-10(14,15)16/h1-3H,4H2. The quantitative estimate of drug-likeness (QED) is 0.797. The van der Waals surface area contributed by atoms with Gasteiger partial charge in [-0.2, -0.15) is 5.26 Å². The van der Waals surface area contributed by atoms with Gasteiger partial charge in [-0.1, -0.05) is 6.07 Å². The van der Waals surface area contributed by atoms with Crippen molar-refractivity contribution >= 4 is 0 Å². The molecule has 0 saturated heterocycles. The normalized spacial score (nSPS) is 11.8. The Kier molecular flexibility index (Phi) is 4.14. The Morgan fingerprint density at radius 1 is 0.947 bits per heavy atom. The maximum atomic E-state index is 12.1. The molecule has 104 valence electrons. The van der Waals surface area contributed by atoms with Gasteiger partial charge in [-0.15, -0.1) is 26.3 Å². The third-order valence-corrected chi connectivity index (χ3v) is 1.80. The summed E-state index contributed by atoms with van der Waals surface area (Å²) in [5.74, 6) is -1.81. The van der Waals surface area contributed by atoms with E-state index in [-0.39, 0.29) is 0 Å². The first-order valence-electron chi connectivity index (χ1n) is 4.63. The zero-order valence-corrected chi connectivity index (χ0v) is 8.97. The number of benzene rings is 1. The van der Waals surface area contributed by atoms with E-state index in [2.05, 4.69) is 9.47 Å². The Balaban J connectivity index is 3.18. The molecule has 0 bridgehead atoms. The Labute approximate surface area is 103 Å². The Bertz CT molecular complexity index is 454. The fraction of sp³-hybridized carbons (Fsp3) is 0.300. The molecule has 0 aromatic heterocycles. The monoisotopic (exact) mass is 285 g/mol. The molecule has 0 heterocycles. The average Bonchev–Trinajstić information content (AvgIpc) is 2.18. The van der Waals surface area contributed by atoms with Crippen LogP contribution in [-0.4, -0.2) is 12.7 Å². The van der Waals surface area contributed by atoms with E-state index in [9.17, 15) is 26.3 Å². The van der Waals surface area contributed by atoms with Crippen LogP contribution in [0, 0.1) is 11.3 Å². The van der Waals surface area contributed by atoms with Gasteiger partial charge in [0.25, 0.3) is 0 Å². The first-order valence-corrected chi connectivity index (χ1v) is 4.63. The van der Waals surface area contributed by atoms with Gasteiger partial charge in [0.2, 0.25) is 0 Å². The topological polar surface area (TPSA) is 42.2 Å². The summed E-state index contributed by atoms with van der Waals surface area (Å²) >= 11 is 0. The fourth-order valence-corrected chi connectivity index (χ4v) is 1.24. The van der Waals surface area contributed by atoms with E-state index >= 15 is 0 Å². The number of ether oxygens (including phenoxy) is 2. The van der Waals surface area contributed by atoms with Gasteiger partial charge in [0.05, 0.1) is 18.1 Å². The van der Waals surface area contributed by atoms with E-state index in [4.69, 9.17) is 5.26 Å². The number of nitrogens with zero attached hydrogens (tertiary/aromatic N) is 1. The largest absolute Gasteiger partial charge is 0.573 e. The molecule has 0 amide bonds. The summed E-state index contributed by atoms with van der Waals surface area (Å²) in [5.41, 5.74) is -0.625. The van der Waals surface area contributed by atoms with Crippen LogP contribution in [0.2, 0.25) is 0 Å². The van der Waals surface area contributed by atoms with E-state index in [1.807, 2.05) is 0 Å². The van der Waals surface area contributed by atoms with Gasteiger partial charge in [-0.3, -0.25) is 0 Å². The zero-order chi connectivity index (χ0) is 14.7. The smallest absolute Gasteiger partial charge is 0.405 e. The van der Waals surface area contributed by atoms with Crippen LogP contribution in [0.4, 0.5) is 26.3 Å². The summed E-state index contributed by atoms with van der Waals surface area (Å²) in [4.78, 5) is 0. The van der Waals surface area contributed by atoms with E-state index < -0.39 is 36.2 Å². The van der Waals surface area contributed by atoms with Gasteiger partial charge in [-0.05, 0) is 12.1 Å². The summed E-state index contributed by atoms with van der Waals surface area (Å²) in [6.07, 6.45) is -10.9. The van der Waals surface area contributed by atoms with Gasteiger partial charge in [0.1, 0.15) is 11.5 Å². The van der Waals surface area contributed by atoms with Crippen molar-refractivity contribution in [2.24, 2.45) is 0 Å². The average molecular weight is 285 g/mol. The van der Waals surface area contributed by atoms with Crippen molar-refractivity contribution in [3.8, 4) is 17.6 Å². The fourth-order valence-electron chi connectivity index (χ4n) is 1.24. The van der Waals surface area contributed by atoms with Crippen LogP contribution in [0.5, 0.6) is 11.5 Å². The molecule has 0 N–H and O–H groups in total. The second-order valence-electron chi connectivity index (χ2n) is 3.16. The second-order valence-corrected chi connectivity index (χ2v) is 3.16. The maximum Gasteiger partial charge on any atom is 0.573 e. The molecule has 0 spiro atoms.